The van der Waals surface area contributed by atoms with E-state index >= 15 is 0 Å². The van der Waals surface area contributed by atoms with E-state index in [-0.39, 0.29) is 36.8 Å². The lowest BCUT2D eigenvalue weighted by Crippen LogP contribution is -2.41. The smallest absolute Gasteiger partial charge is 0.380 e. The molecule has 2 heterocycles. The van der Waals surface area contributed by atoms with Gasteiger partial charge in [0.25, 0.3) is 6.04 Å². The molecule has 4 atom stereocenters. The zero-order valence-corrected chi connectivity index (χ0v) is 25.0. The minimum absolute atomic E-state index is 0.111. The highest BCUT2D eigenvalue weighted by Gasteiger charge is 2.41. The van der Waals surface area contributed by atoms with E-state index in [1.165, 1.54) is 31.4 Å². The molecule has 1 fully saturated rings. The second-order valence-electron chi connectivity index (χ2n) is 11.0. The fourth-order valence-corrected chi connectivity index (χ4v) is 4.98. The number of pyridine rings is 1. The number of cyclic esters (lactones) is 1. The molecule has 1 aliphatic rings. The number of nitrogens with zero attached hydrogens (tertiary/aromatic N) is 2. The van der Waals surface area contributed by atoms with Gasteiger partial charge in [-0.25, -0.2) is 4.79 Å². The molecule has 3 rings (SSSR count). The van der Waals surface area contributed by atoms with Gasteiger partial charge >= 0.3 is 11.9 Å². The van der Waals surface area contributed by atoms with Gasteiger partial charge in [-0.3, -0.25) is 9.78 Å². The van der Waals surface area contributed by atoms with Crippen molar-refractivity contribution < 1.29 is 38.0 Å². The molecule has 1 aromatic heterocycles. The van der Waals surface area contributed by atoms with Crippen molar-refractivity contribution in [3.63, 3.8) is 0 Å². The van der Waals surface area contributed by atoms with E-state index in [1.807, 2.05) is 6.92 Å². The summed E-state index contributed by atoms with van der Waals surface area (Å²) >= 11 is 0. The molecule has 0 spiro atoms. The van der Waals surface area contributed by atoms with Crippen LogP contribution in [0.3, 0.4) is 0 Å². The summed E-state index contributed by atoms with van der Waals surface area (Å²) < 4.78 is 28.7. The lowest BCUT2D eigenvalue weighted by atomic mass is 9.86. The standard InChI is InChI=1S/C31H43N2O8/c1-20(2)18-38-29-22(4)41-31(35)27(9-7-8-25(29)16-24-12-10-21(3)11-13-24)33(36)17-26-30(40-19-39-23(5)34)28(37-6)14-15-32-26/h10-15,20,22,25,27,29H,7-9,16-19H2,1-6H3/q+1. The number of ether oxygens (including phenoxy) is 5. The Balaban J connectivity index is 1.80. The molecule has 0 amide bonds. The molecular weight excluding hydrogens is 528 g/mol. The summed E-state index contributed by atoms with van der Waals surface area (Å²) in [7, 11) is 1.45. The Morgan fingerprint density at radius 3 is 2.56 bits per heavy atom. The molecular formula is C31H43N2O8+. The van der Waals surface area contributed by atoms with E-state index in [9.17, 15) is 14.5 Å². The number of hydrogen-bond acceptors (Lipinski definition) is 9. The average molecular weight is 572 g/mol. The molecule has 0 saturated carbocycles. The maximum atomic E-state index is 13.5. The molecule has 41 heavy (non-hydrogen) atoms. The molecule has 1 aromatic carbocycles. The van der Waals surface area contributed by atoms with Gasteiger partial charge in [-0.15, -0.1) is 0 Å². The minimum atomic E-state index is -1.03. The first-order chi connectivity index (χ1) is 19.6. The zero-order chi connectivity index (χ0) is 29.9. The van der Waals surface area contributed by atoms with Crippen LogP contribution in [0.4, 0.5) is 0 Å². The summed E-state index contributed by atoms with van der Waals surface area (Å²) in [4.78, 5) is 42.3. The molecule has 224 valence electrons. The van der Waals surface area contributed by atoms with Crippen LogP contribution in [0.15, 0.2) is 36.5 Å². The SMILES string of the molecule is COc1ccnc(C[N+](=O)C2CCCC(Cc3ccc(C)cc3)C(OCC(C)C)C(C)OC2=O)c1OCOC(C)=O. The number of esters is 2. The molecule has 1 saturated heterocycles. The number of nitroso groups, excluding NO2 is 1. The third-order valence-corrected chi connectivity index (χ3v) is 7.08. The minimum Gasteiger partial charge on any atom is -0.493 e. The highest BCUT2D eigenvalue weighted by molar-refractivity contribution is 5.74. The van der Waals surface area contributed by atoms with Crippen molar-refractivity contribution in [1.82, 2.24) is 4.98 Å². The summed E-state index contributed by atoms with van der Waals surface area (Å²) in [6, 6.07) is 8.99. The number of aryl methyl sites for hydroxylation is 1. The average Bonchev–Trinajstić information content (AvgIpc) is 2.97. The highest BCUT2D eigenvalue weighted by atomic mass is 16.7. The van der Waals surface area contributed by atoms with Crippen LogP contribution in [0.1, 0.15) is 63.8 Å². The first kappa shape index (κ1) is 32.0. The van der Waals surface area contributed by atoms with Crippen LogP contribution in [0, 0.1) is 23.7 Å². The molecule has 0 N–H and O–H groups in total. The quantitative estimate of drug-likeness (QED) is 0.198. The fraction of sp³-hybridized carbons (Fsp3) is 0.581. The van der Waals surface area contributed by atoms with Gasteiger partial charge in [0.1, 0.15) is 6.10 Å². The second kappa shape index (κ2) is 15.5. The summed E-state index contributed by atoms with van der Waals surface area (Å²) in [5, 5.41) is 0. The van der Waals surface area contributed by atoms with Crippen LogP contribution in [0.5, 0.6) is 11.5 Å². The molecule has 1 aliphatic heterocycles. The predicted molar refractivity (Wildman–Crippen MR) is 152 cm³/mol. The molecule has 0 radical (unpaired) electrons. The van der Waals surface area contributed by atoms with Crippen molar-refractivity contribution in [2.45, 2.75) is 85.1 Å². The van der Waals surface area contributed by atoms with Gasteiger partial charge in [-0.05, 0) is 50.5 Å². The van der Waals surface area contributed by atoms with Gasteiger partial charge in [-0.1, -0.05) is 43.7 Å². The highest BCUT2D eigenvalue weighted by Crippen LogP contribution is 2.32. The normalized spacial score (nSPS) is 21.3. The van der Waals surface area contributed by atoms with Gasteiger partial charge in [0, 0.05) is 41.9 Å². The number of aromatic nitrogens is 1. The first-order valence-corrected chi connectivity index (χ1v) is 14.2. The maximum absolute atomic E-state index is 13.5. The number of carbonyl (C=O) groups excluding carboxylic acids is 2. The van der Waals surface area contributed by atoms with Crippen molar-refractivity contribution in [3.05, 3.63) is 58.3 Å². The maximum Gasteiger partial charge on any atom is 0.380 e. The third-order valence-electron chi connectivity index (χ3n) is 7.08. The van der Waals surface area contributed by atoms with Crippen LogP contribution >= 0.6 is 0 Å². The van der Waals surface area contributed by atoms with E-state index in [1.54, 1.807) is 6.07 Å². The van der Waals surface area contributed by atoms with Crippen LogP contribution < -0.4 is 9.47 Å². The number of benzene rings is 1. The van der Waals surface area contributed by atoms with Gasteiger partial charge < -0.3 is 23.7 Å². The van der Waals surface area contributed by atoms with E-state index in [2.05, 4.69) is 50.0 Å². The Morgan fingerprint density at radius 2 is 1.90 bits per heavy atom. The van der Waals surface area contributed by atoms with Crippen LogP contribution in [-0.2, 0) is 36.8 Å². The van der Waals surface area contributed by atoms with Gasteiger partial charge in [0.15, 0.2) is 17.2 Å². The van der Waals surface area contributed by atoms with Crippen LogP contribution in [0.2, 0.25) is 0 Å². The van der Waals surface area contributed by atoms with E-state index in [0.717, 1.165) is 12.8 Å². The number of rotatable bonds is 12. The number of carbonyl (C=O) groups is 2. The molecule has 4 unspecified atom stereocenters. The molecule has 2 aromatic rings. The van der Waals surface area contributed by atoms with E-state index in [4.69, 9.17) is 23.7 Å². The lowest BCUT2D eigenvalue weighted by molar-refractivity contribution is -0.591. The van der Waals surface area contributed by atoms with Crippen LogP contribution in [-0.4, -0.2) is 60.4 Å². The van der Waals surface area contributed by atoms with E-state index < -0.39 is 24.1 Å². The Kier molecular flexibility index (Phi) is 12.1. The summed E-state index contributed by atoms with van der Waals surface area (Å²) in [5.74, 6) is -0.180. The predicted octanol–water partition coefficient (Wildman–Crippen LogP) is 4.96. The third kappa shape index (κ3) is 9.52. The topological polar surface area (TPSA) is 113 Å². The summed E-state index contributed by atoms with van der Waals surface area (Å²) in [5.41, 5.74) is 2.65. The van der Waals surface area contributed by atoms with Crippen molar-refractivity contribution in [3.8, 4) is 11.5 Å². The van der Waals surface area contributed by atoms with Gasteiger partial charge in [0.2, 0.25) is 13.3 Å². The van der Waals surface area contributed by atoms with Crippen LogP contribution in [0.25, 0.3) is 0 Å². The molecule has 0 bridgehead atoms. The Hall–Kier alpha value is -3.53. The Morgan fingerprint density at radius 1 is 1.17 bits per heavy atom. The van der Waals surface area contributed by atoms with Gasteiger partial charge in [0.05, 0.1) is 13.2 Å². The zero-order valence-electron chi connectivity index (χ0n) is 25.0. The van der Waals surface area contributed by atoms with Crippen molar-refractivity contribution in [1.29, 1.82) is 0 Å². The number of methoxy groups -OCH3 is 1. The molecule has 0 aliphatic carbocycles. The second-order valence-corrected chi connectivity index (χ2v) is 11.0. The first-order valence-electron chi connectivity index (χ1n) is 14.2. The van der Waals surface area contributed by atoms with Crippen molar-refractivity contribution in [2.75, 3.05) is 20.5 Å². The Labute approximate surface area is 242 Å². The molecule has 10 nitrogen and oxygen atoms in total. The summed E-state index contributed by atoms with van der Waals surface area (Å²) in [6.45, 7) is 9.26. The Bertz CT molecular complexity index is 1170. The molecule has 10 heteroatoms. The van der Waals surface area contributed by atoms with Crippen molar-refractivity contribution in [2.24, 2.45) is 11.8 Å². The lowest BCUT2D eigenvalue weighted by Gasteiger charge is -2.31. The summed E-state index contributed by atoms with van der Waals surface area (Å²) in [6.07, 6.45) is 3.17. The van der Waals surface area contributed by atoms with Gasteiger partial charge in [-0.2, -0.15) is 0 Å². The fourth-order valence-electron chi connectivity index (χ4n) is 4.98. The largest absolute Gasteiger partial charge is 0.493 e. The number of hydrogen-bond donors (Lipinski definition) is 0. The van der Waals surface area contributed by atoms with E-state index in [0.29, 0.717) is 35.9 Å². The van der Waals surface area contributed by atoms with Crippen molar-refractivity contribution >= 4 is 11.9 Å². The monoisotopic (exact) mass is 571 g/mol.